The zero-order valence-corrected chi connectivity index (χ0v) is 18.5. The van der Waals surface area contributed by atoms with Gasteiger partial charge in [0, 0.05) is 25.2 Å². The van der Waals surface area contributed by atoms with Crippen LogP contribution in [0.3, 0.4) is 0 Å². The van der Waals surface area contributed by atoms with Gasteiger partial charge >= 0.3 is 0 Å². The molecule has 1 N–H and O–H groups in total. The minimum Gasteiger partial charge on any atom is -0.494 e. The highest BCUT2D eigenvalue weighted by Gasteiger charge is 2.37. The molecule has 4 rings (SSSR count). The van der Waals surface area contributed by atoms with E-state index < -0.39 is 0 Å². The molecule has 1 amide bonds. The number of hydrogen-bond acceptors (Lipinski definition) is 4. The number of nitrogens with one attached hydrogen (secondary N) is 1. The van der Waals surface area contributed by atoms with E-state index in [4.69, 9.17) is 9.47 Å². The van der Waals surface area contributed by atoms with E-state index in [0.29, 0.717) is 13.2 Å². The lowest BCUT2D eigenvalue weighted by Crippen LogP contribution is -2.47. The third-order valence-electron chi connectivity index (χ3n) is 6.70. The Balaban J connectivity index is 1.52. The average molecular weight is 423 g/mol. The second-order valence-electron chi connectivity index (χ2n) is 8.62. The van der Waals surface area contributed by atoms with Crippen molar-refractivity contribution < 1.29 is 14.3 Å². The zero-order valence-electron chi connectivity index (χ0n) is 18.5. The number of nitrogens with zero attached hydrogens (tertiary/aromatic N) is 1. The van der Waals surface area contributed by atoms with Crippen LogP contribution in [0.15, 0.2) is 54.6 Å². The van der Waals surface area contributed by atoms with Crippen LogP contribution in [0.1, 0.15) is 49.8 Å². The summed E-state index contributed by atoms with van der Waals surface area (Å²) in [5.74, 6) is 0.987. The first-order valence-electron chi connectivity index (χ1n) is 11.6. The lowest BCUT2D eigenvalue weighted by Gasteiger charge is -2.38. The van der Waals surface area contributed by atoms with Gasteiger partial charge in [-0.15, -0.1) is 0 Å². The molecule has 31 heavy (non-hydrogen) atoms. The number of carbonyl (C=O) groups is 1. The van der Waals surface area contributed by atoms with Crippen molar-refractivity contribution in [2.24, 2.45) is 0 Å². The predicted molar refractivity (Wildman–Crippen MR) is 122 cm³/mol. The normalized spacial score (nSPS) is 19.6. The van der Waals surface area contributed by atoms with Gasteiger partial charge in [-0.1, -0.05) is 42.5 Å². The first-order valence-corrected chi connectivity index (χ1v) is 11.6. The third-order valence-corrected chi connectivity index (χ3v) is 6.70. The van der Waals surface area contributed by atoms with Gasteiger partial charge in [0.25, 0.3) is 0 Å². The maximum atomic E-state index is 13.5. The van der Waals surface area contributed by atoms with Gasteiger partial charge in [-0.25, -0.2) is 0 Å². The number of likely N-dealkylation sites (tertiary alicyclic amines) is 1. The van der Waals surface area contributed by atoms with Gasteiger partial charge in [-0.05, 0) is 69.0 Å². The summed E-state index contributed by atoms with van der Waals surface area (Å²) in [5.41, 5.74) is 2.21. The second kappa shape index (κ2) is 10.3. The van der Waals surface area contributed by atoms with Crippen LogP contribution < -0.4 is 10.1 Å². The Morgan fingerprint density at radius 1 is 1.06 bits per heavy atom. The summed E-state index contributed by atoms with van der Waals surface area (Å²) < 4.78 is 11.3. The van der Waals surface area contributed by atoms with Crippen molar-refractivity contribution in [3.63, 3.8) is 0 Å². The first-order chi connectivity index (χ1) is 15.2. The van der Waals surface area contributed by atoms with Crippen molar-refractivity contribution in [1.82, 2.24) is 10.2 Å². The number of hydrogen-bond donors (Lipinski definition) is 1. The van der Waals surface area contributed by atoms with Crippen molar-refractivity contribution in [3.05, 3.63) is 65.7 Å². The van der Waals surface area contributed by atoms with E-state index in [-0.39, 0.29) is 17.4 Å². The SMILES string of the molecule is CCOc1ccc(C2(CNC(=O)C(c3ccccc3)N3CCCC3)CCOCC2)cc1. The molecule has 0 spiro atoms. The van der Waals surface area contributed by atoms with Crippen LogP contribution in [0.25, 0.3) is 0 Å². The third kappa shape index (κ3) is 5.10. The smallest absolute Gasteiger partial charge is 0.241 e. The number of benzene rings is 2. The molecule has 0 radical (unpaired) electrons. The van der Waals surface area contributed by atoms with Crippen LogP contribution in [-0.2, 0) is 14.9 Å². The Bertz CT molecular complexity index is 825. The quantitative estimate of drug-likeness (QED) is 0.696. The summed E-state index contributed by atoms with van der Waals surface area (Å²) in [7, 11) is 0. The molecule has 5 nitrogen and oxygen atoms in total. The van der Waals surface area contributed by atoms with Crippen LogP contribution in [-0.4, -0.2) is 50.3 Å². The maximum absolute atomic E-state index is 13.5. The van der Waals surface area contributed by atoms with Crippen LogP contribution in [0.5, 0.6) is 5.75 Å². The average Bonchev–Trinajstić information content (AvgIpc) is 3.34. The number of ether oxygens (including phenoxy) is 2. The van der Waals surface area contributed by atoms with Crippen molar-refractivity contribution >= 4 is 5.91 Å². The molecule has 2 aromatic rings. The molecule has 5 heteroatoms. The molecule has 1 atom stereocenters. The Kier molecular flexibility index (Phi) is 7.25. The molecule has 0 bridgehead atoms. The highest BCUT2D eigenvalue weighted by molar-refractivity contribution is 5.83. The molecule has 166 valence electrons. The van der Waals surface area contributed by atoms with Gasteiger partial charge in [0.15, 0.2) is 0 Å². The standard InChI is InChI=1S/C26H34N2O3/c1-2-31-23-12-10-22(11-13-23)26(14-18-30-19-15-26)20-27-25(29)24(28-16-6-7-17-28)21-8-4-3-5-9-21/h3-5,8-13,24H,2,6-7,14-20H2,1H3,(H,27,29). The molecule has 0 saturated carbocycles. The van der Waals surface area contributed by atoms with Gasteiger partial charge in [0.2, 0.25) is 5.91 Å². The molecule has 2 heterocycles. The Hall–Kier alpha value is -2.37. The molecular formula is C26H34N2O3. The number of rotatable bonds is 8. The summed E-state index contributed by atoms with van der Waals surface area (Å²) in [5, 5.41) is 3.34. The van der Waals surface area contributed by atoms with E-state index in [1.165, 1.54) is 5.56 Å². The summed E-state index contributed by atoms with van der Waals surface area (Å²) in [6.07, 6.45) is 4.12. The van der Waals surface area contributed by atoms with E-state index in [0.717, 1.165) is 63.3 Å². The van der Waals surface area contributed by atoms with Gasteiger partial charge < -0.3 is 14.8 Å². The summed E-state index contributed by atoms with van der Waals surface area (Å²) in [6, 6.07) is 18.3. The lowest BCUT2D eigenvalue weighted by atomic mass is 9.74. The van der Waals surface area contributed by atoms with Gasteiger partial charge in [-0.2, -0.15) is 0 Å². The summed E-state index contributed by atoms with van der Waals surface area (Å²) in [6.45, 7) is 6.67. The van der Waals surface area contributed by atoms with E-state index in [2.05, 4.69) is 34.5 Å². The van der Waals surface area contributed by atoms with Crippen molar-refractivity contribution in [1.29, 1.82) is 0 Å². The molecule has 2 aliphatic heterocycles. The van der Waals surface area contributed by atoms with Crippen LogP contribution in [0, 0.1) is 0 Å². The van der Waals surface area contributed by atoms with Crippen LogP contribution in [0.2, 0.25) is 0 Å². The molecule has 2 aliphatic rings. The van der Waals surface area contributed by atoms with E-state index >= 15 is 0 Å². The highest BCUT2D eigenvalue weighted by Crippen LogP contribution is 2.35. The molecule has 2 saturated heterocycles. The largest absolute Gasteiger partial charge is 0.494 e. The maximum Gasteiger partial charge on any atom is 0.241 e. The molecular weight excluding hydrogens is 388 g/mol. The fourth-order valence-corrected chi connectivity index (χ4v) is 4.92. The van der Waals surface area contributed by atoms with Crippen LogP contribution in [0.4, 0.5) is 0 Å². The number of carbonyl (C=O) groups excluding carboxylic acids is 1. The molecule has 2 fully saturated rings. The first kappa shape index (κ1) is 21.8. The van der Waals surface area contributed by atoms with Crippen molar-refractivity contribution in [3.8, 4) is 5.75 Å². The summed E-state index contributed by atoms with van der Waals surface area (Å²) in [4.78, 5) is 15.8. The van der Waals surface area contributed by atoms with Gasteiger partial charge in [0.1, 0.15) is 11.8 Å². The molecule has 0 aromatic heterocycles. The van der Waals surface area contributed by atoms with Crippen molar-refractivity contribution in [2.75, 3.05) is 39.5 Å². The predicted octanol–water partition coefficient (Wildman–Crippen LogP) is 4.09. The van der Waals surface area contributed by atoms with E-state index in [1.807, 2.05) is 37.3 Å². The van der Waals surface area contributed by atoms with Gasteiger partial charge in [0.05, 0.1) is 6.61 Å². The zero-order chi connectivity index (χ0) is 21.5. The second-order valence-corrected chi connectivity index (χ2v) is 8.62. The Morgan fingerprint density at radius 3 is 2.39 bits per heavy atom. The Morgan fingerprint density at radius 2 is 1.74 bits per heavy atom. The minimum absolute atomic E-state index is 0.102. The Labute approximate surface area is 185 Å². The van der Waals surface area contributed by atoms with E-state index in [9.17, 15) is 4.79 Å². The molecule has 2 aromatic carbocycles. The fraction of sp³-hybridized carbons (Fsp3) is 0.500. The number of amides is 1. The highest BCUT2D eigenvalue weighted by atomic mass is 16.5. The molecule has 0 aliphatic carbocycles. The lowest BCUT2D eigenvalue weighted by molar-refractivity contribution is -0.126. The molecule has 1 unspecified atom stereocenters. The summed E-state index contributed by atoms with van der Waals surface area (Å²) >= 11 is 0. The fourth-order valence-electron chi connectivity index (χ4n) is 4.92. The van der Waals surface area contributed by atoms with Crippen molar-refractivity contribution in [2.45, 2.75) is 44.1 Å². The van der Waals surface area contributed by atoms with E-state index in [1.54, 1.807) is 0 Å². The minimum atomic E-state index is -0.221. The van der Waals surface area contributed by atoms with Crippen LogP contribution >= 0.6 is 0 Å². The monoisotopic (exact) mass is 422 g/mol. The topological polar surface area (TPSA) is 50.8 Å². The van der Waals surface area contributed by atoms with Gasteiger partial charge in [-0.3, -0.25) is 9.69 Å².